The number of pyridine rings is 1. The second-order valence-electron chi connectivity index (χ2n) is 10.1. The summed E-state index contributed by atoms with van der Waals surface area (Å²) in [5.74, 6) is 1.91. The van der Waals surface area contributed by atoms with Crippen molar-refractivity contribution in [2.45, 2.75) is 45.1 Å². The number of fused-ring (bicyclic) bond motifs is 1. The molecular weight excluding hydrogens is 507 g/mol. The number of nitrogens with zero attached hydrogens (tertiary/aromatic N) is 2. The van der Waals surface area contributed by atoms with E-state index in [1.165, 1.54) is 0 Å². The van der Waals surface area contributed by atoms with Crippen LogP contribution in [0.5, 0.6) is 5.75 Å². The maximum Gasteiger partial charge on any atom is 0.303 e. The molecule has 1 fully saturated rings. The third kappa shape index (κ3) is 6.88. The molecule has 2 heterocycles. The minimum absolute atomic E-state index is 0.0783. The molecule has 3 aromatic rings. The van der Waals surface area contributed by atoms with Crippen molar-refractivity contribution < 1.29 is 27.8 Å². The van der Waals surface area contributed by atoms with Crippen molar-refractivity contribution in [2.75, 3.05) is 26.7 Å². The average molecular weight is 540 g/mol. The first-order valence-corrected chi connectivity index (χ1v) is 13.0. The van der Waals surface area contributed by atoms with Crippen LogP contribution in [0, 0.1) is 34.7 Å². The van der Waals surface area contributed by atoms with E-state index >= 15 is 0 Å². The maximum absolute atomic E-state index is 13.9. The van der Waals surface area contributed by atoms with Gasteiger partial charge in [-0.2, -0.15) is 0 Å². The molecule has 0 unspecified atom stereocenters. The van der Waals surface area contributed by atoms with Crippen LogP contribution in [0.1, 0.15) is 48.8 Å². The predicted octanol–water partition coefficient (Wildman–Crippen LogP) is 5.05. The summed E-state index contributed by atoms with van der Waals surface area (Å²) in [5, 5.41) is 10.7. The Bertz CT molecular complexity index is 1400. The molecule has 9 heteroatoms. The maximum atomic E-state index is 13.9. The number of rotatable bonds is 9. The largest absolute Gasteiger partial charge is 0.497 e. The summed E-state index contributed by atoms with van der Waals surface area (Å²) in [7, 11) is 1.62. The number of piperidine rings is 1. The molecule has 0 saturated carbocycles. The lowest BCUT2D eigenvalue weighted by Gasteiger charge is -2.41. The van der Waals surface area contributed by atoms with Gasteiger partial charge in [0.25, 0.3) is 0 Å². The van der Waals surface area contributed by atoms with E-state index in [1.807, 2.05) is 18.2 Å². The van der Waals surface area contributed by atoms with Gasteiger partial charge in [-0.25, -0.2) is 13.2 Å². The highest BCUT2D eigenvalue weighted by molar-refractivity contribution is 5.84. The highest BCUT2D eigenvalue weighted by Gasteiger charge is 2.36. The highest BCUT2D eigenvalue weighted by atomic mass is 19.2. The predicted molar refractivity (Wildman–Crippen MR) is 143 cm³/mol. The van der Waals surface area contributed by atoms with Crippen molar-refractivity contribution in [1.82, 2.24) is 9.88 Å². The zero-order chi connectivity index (χ0) is 28.0. The number of carbonyl (C=O) groups is 1. The monoisotopic (exact) mass is 539 g/mol. The smallest absolute Gasteiger partial charge is 0.303 e. The lowest BCUT2D eigenvalue weighted by atomic mass is 9.72. The number of carboxylic acids is 1. The lowest BCUT2D eigenvalue weighted by molar-refractivity contribution is -0.140. The Kier molecular flexibility index (Phi) is 9.10. The van der Waals surface area contributed by atoms with Crippen molar-refractivity contribution in [1.29, 1.82) is 0 Å². The molecule has 6 nitrogen and oxygen atoms in total. The molecular formula is C30H32F3N3O3. The third-order valence-electron chi connectivity index (χ3n) is 7.59. The number of hydrogen-bond donors (Lipinski definition) is 2. The van der Waals surface area contributed by atoms with Crippen molar-refractivity contribution in [3.63, 3.8) is 0 Å². The molecule has 1 saturated heterocycles. The molecule has 0 radical (unpaired) electrons. The zero-order valence-electron chi connectivity index (χ0n) is 21.9. The molecule has 1 aliphatic heterocycles. The van der Waals surface area contributed by atoms with E-state index in [-0.39, 0.29) is 17.4 Å². The standard InChI is InChI=1S/C30H32F3N3O3/c1-39-23-6-7-27-25(16-23)24(21(18-34)19-35-27)5-2-8-30(17-28(37)38)9-12-36(13-10-30)11-3-4-20-14-22(31)15-26(32)29(20)33/h6-7,14-16,19H,2,5,8-13,17-18,34H2,1H3,(H,37,38). The van der Waals surface area contributed by atoms with Crippen LogP contribution in [0.25, 0.3) is 10.9 Å². The fourth-order valence-electron chi connectivity index (χ4n) is 5.42. The van der Waals surface area contributed by atoms with E-state index in [9.17, 15) is 23.1 Å². The second-order valence-corrected chi connectivity index (χ2v) is 10.1. The molecule has 0 atom stereocenters. The Morgan fingerprint density at radius 2 is 1.97 bits per heavy atom. The Morgan fingerprint density at radius 3 is 2.67 bits per heavy atom. The second kappa shape index (κ2) is 12.5. The summed E-state index contributed by atoms with van der Waals surface area (Å²) in [6, 6.07) is 7.11. The summed E-state index contributed by atoms with van der Waals surface area (Å²) in [6.07, 6.45) is 5.52. The van der Waals surface area contributed by atoms with Gasteiger partial charge in [0.1, 0.15) is 11.6 Å². The first-order valence-electron chi connectivity index (χ1n) is 13.0. The molecule has 0 amide bonds. The van der Waals surface area contributed by atoms with Crippen LogP contribution in [0.4, 0.5) is 13.2 Å². The number of likely N-dealkylation sites (tertiary alicyclic amines) is 1. The number of aryl methyl sites for hydroxylation is 1. The molecule has 3 N–H and O–H groups in total. The van der Waals surface area contributed by atoms with E-state index < -0.39 is 23.4 Å². The molecule has 206 valence electrons. The minimum Gasteiger partial charge on any atom is -0.497 e. The SMILES string of the molecule is COc1ccc2ncc(CN)c(CCCC3(CC(=O)O)CCN(CC#Cc4cc(F)cc(F)c4F)CC3)c2c1. The van der Waals surface area contributed by atoms with Gasteiger partial charge in [-0.3, -0.25) is 14.7 Å². The van der Waals surface area contributed by atoms with Crippen LogP contribution in [0.15, 0.2) is 36.5 Å². The summed E-state index contributed by atoms with van der Waals surface area (Å²) in [6.45, 7) is 1.92. The number of aromatic nitrogens is 1. The van der Waals surface area contributed by atoms with E-state index in [4.69, 9.17) is 10.5 Å². The number of halogens is 3. The number of methoxy groups -OCH3 is 1. The van der Waals surface area contributed by atoms with Crippen LogP contribution in [-0.4, -0.2) is 47.7 Å². The summed E-state index contributed by atoms with van der Waals surface area (Å²) >= 11 is 0. The van der Waals surface area contributed by atoms with Crippen LogP contribution in [0.3, 0.4) is 0 Å². The number of benzene rings is 2. The molecule has 0 bridgehead atoms. The summed E-state index contributed by atoms with van der Waals surface area (Å²) < 4.78 is 46.1. The number of hydrogen-bond acceptors (Lipinski definition) is 5. The Labute approximate surface area is 226 Å². The van der Waals surface area contributed by atoms with Gasteiger partial charge < -0.3 is 15.6 Å². The van der Waals surface area contributed by atoms with E-state index in [0.29, 0.717) is 45.1 Å². The van der Waals surface area contributed by atoms with Gasteiger partial charge in [-0.15, -0.1) is 0 Å². The van der Waals surface area contributed by atoms with Crippen molar-refractivity contribution in [2.24, 2.45) is 11.1 Å². The van der Waals surface area contributed by atoms with Crippen LogP contribution in [-0.2, 0) is 17.8 Å². The fraction of sp³-hybridized carbons (Fsp3) is 0.400. The quantitative estimate of drug-likeness (QED) is 0.292. The van der Waals surface area contributed by atoms with Crippen LogP contribution < -0.4 is 10.5 Å². The molecule has 4 rings (SSSR count). The van der Waals surface area contributed by atoms with Gasteiger partial charge in [-0.05, 0) is 86.0 Å². The van der Waals surface area contributed by atoms with Crippen molar-refractivity contribution >= 4 is 16.9 Å². The minimum atomic E-state index is -1.27. The highest BCUT2D eigenvalue weighted by Crippen LogP contribution is 2.40. The first kappa shape index (κ1) is 28.4. The average Bonchev–Trinajstić information content (AvgIpc) is 2.91. The number of nitrogens with two attached hydrogens (primary N) is 1. The van der Waals surface area contributed by atoms with Gasteiger partial charge in [0.2, 0.25) is 0 Å². The van der Waals surface area contributed by atoms with Crippen LogP contribution in [0.2, 0.25) is 0 Å². The zero-order valence-corrected chi connectivity index (χ0v) is 21.9. The van der Waals surface area contributed by atoms with Crippen LogP contribution >= 0.6 is 0 Å². The molecule has 0 aliphatic carbocycles. The molecule has 0 spiro atoms. The van der Waals surface area contributed by atoms with Gasteiger partial charge in [0.15, 0.2) is 11.6 Å². The topological polar surface area (TPSA) is 88.7 Å². The van der Waals surface area contributed by atoms with Gasteiger partial charge in [-0.1, -0.05) is 11.8 Å². The van der Waals surface area contributed by atoms with Gasteiger partial charge in [0, 0.05) is 24.2 Å². The molecule has 1 aromatic heterocycles. The molecule has 1 aliphatic rings. The Balaban J connectivity index is 1.42. The van der Waals surface area contributed by atoms with E-state index in [2.05, 4.69) is 21.7 Å². The van der Waals surface area contributed by atoms with Gasteiger partial charge >= 0.3 is 5.97 Å². The van der Waals surface area contributed by atoms with Gasteiger partial charge in [0.05, 0.1) is 31.2 Å². The number of ether oxygens (including phenoxy) is 1. The van der Waals surface area contributed by atoms with E-state index in [0.717, 1.165) is 53.1 Å². The fourth-order valence-corrected chi connectivity index (χ4v) is 5.42. The first-order chi connectivity index (χ1) is 18.7. The molecule has 39 heavy (non-hydrogen) atoms. The number of carboxylic acid groups (broad SMARTS) is 1. The van der Waals surface area contributed by atoms with Crippen molar-refractivity contribution in [3.8, 4) is 17.6 Å². The summed E-state index contributed by atoms with van der Waals surface area (Å²) in [5.41, 5.74) is 8.28. The normalized spacial score (nSPS) is 15.1. The van der Waals surface area contributed by atoms with Crippen molar-refractivity contribution in [3.05, 3.63) is 70.7 Å². The summed E-state index contributed by atoms with van der Waals surface area (Å²) in [4.78, 5) is 18.3. The Morgan fingerprint density at radius 1 is 1.21 bits per heavy atom. The number of aliphatic carboxylic acids is 1. The lowest BCUT2D eigenvalue weighted by Crippen LogP contribution is -2.41. The molecule has 2 aromatic carbocycles. The van der Waals surface area contributed by atoms with E-state index in [1.54, 1.807) is 13.3 Å². The Hall–Kier alpha value is -3.61. The third-order valence-corrected chi connectivity index (χ3v) is 7.59.